The quantitative estimate of drug-likeness (QED) is 0.847. The minimum absolute atomic E-state index is 0.0388. The first kappa shape index (κ1) is 14.0. The van der Waals surface area contributed by atoms with E-state index in [1.807, 2.05) is 0 Å². The Morgan fingerprint density at radius 3 is 2.53 bits per heavy atom. The van der Waals surface area contributed by atoms with Crippen LogP contribution in [0.1, 0.15) is 0 Å². The molecule has 9 heteroatoms. The largest absolute Gasteiger partial charge is 0.397 e. The van der Waals surface area contributed by atoms with Gasteiger partial charge in [0.05, 0.1) is 27.6 Å². The molecule has 1 aromatic heterocycles. The lowest BCUT2D eigenvalue weighted by atomic mass is 10.3. The maximum absolute atomic E-state index is 12.2. The number of aryl methyl sites for hydroxylation is 1. The lowest BCUT2D eigenvalue weighted by Crippen LogP contribution is -2.17. The van der Waals surface area contributed by atoms with Crippen LogP contribution in [-0.4, -0.2) is 18.2 Å². The molecule has 1 aromatic carbocycles. The highest BCUT2D eigenvalue weighted by atomic mass is 35.5. The van der Waals surface area contributed by atoms with Gasteiger partial charge in [-0.25, -0.2) is 0 Å². The summed E-state index contributed by atoms with van der Waals surface area (Å²) < 4.78 is 27.9. The molecule has 0 atom stereocenters. The molecule has 0 saturated heterocycles. The Hall–Kier alpha value is -1.44. The number of benzene rings is 1. The van der Waals surface area contributed by atoms with Gasteiger partial charge in [0, 0.05) is 7.05 Å². The van der Waals surface area contributed by atoms with Gasteiger partial charge in [0.2, 0.25) is 0 Å². The number of nitrogens with one attached hydrogen (secondary N) is 1. The second kappa shape index (κ2) is 4.92. The number of nitrogens with zero attached hydrogens (tertiary/aromatic N) is 2. The van der Waals surface area contributed by atoms with E-state index in [1.54, 1.807) is 0 Å². The van der Waals surface area contributed by atoms with Crippen molar-refractivity contribution in [3.63, 3.8) is 0 Å². The second-order valence-electron chi connectivity index (χ2n) is 3.76. The molecule has 19 heavy (non-hydrogen) atoms. The van der Waals surface area contributed by atoms with E-state index in [0.29, 0.717) is 10.7 Å². The fourth-order valence-corrected chi connectivity index (χ4v) is 3.34. The van der Waals surface area contributed by atoms with Crippen LogP contribution in [0.2, 0.25) is 10.0 Å². The van der Waals surface area contributed by atoms with Crippen LogP contribution in [0.15, 0.2) is 29.4 Å². The molecule has 1 heterocycles. The van der Waals surface area contributed by atoms with Gasteiger partial charge >= 0.3 is 0 Å². The van der Waals surface area contributed by atoms with Gasteiger partial charge in [-0.1, -0.05) is 23.2 Å². The zero-order valence-electron chi connectivity index (χ0n) is 9.76. The van der Waals surface area contributed by atoms with Crippen molar-refractivity contribution in [3.8, 4) is 0 Å². The van der Waals surface area contributed by atoms with E-state index in [2.05, 4.69) is 9.82 Å². The number of aromatic nitrogens is 2. The standard InChI is InChI=1S/C10H10Cl2N4O2S/c1-16-10(8(12)5-14-16)19(17,18)15-6-2-3-7(11)9(13)4-6/h2-5,15H,13H2,1H3. The van der Waals surface area contributed by atoms with Crippen molar-refractivity contribution >= 4 is 44.6 Å². The van der Waals surface area contributed by atoms with Gasteiger partial charge in [-0.05, 0) is 18.2 Å². The number of nitrogen functional groups attached to an aromatic ring is 1. The number of anilines is 2. The minimum Gasteiger partial charge on any atom is -0.397 e. The average Bonchev–Trinajstić information content (AvgIpc) is 2.64. The lowest BCUT2D eigenvalue weighted by Gasteiger charge is -2.09. The van der Waals surface area contributed by atoms with E-state index in [0.717, 1.165) is 0 Å². The molecule has 0 aliphatic heterocycles. The summed E-state index contributed by atoms with van der Waals surface area (Å²) in [4.78, 5) is 0. The molecule has 2 rings (SSSR count). The van der Waals surface area contributed by atoms with E-state index in [1.165, 1.54) is 36.1 Å². The highest BCUT2D eigenvalue weighted by Gasteiger charge is 2.22. The Balaban J connectivity index is 2.39. The van der Waals surface area contributed by atoms with Crippen LogP contribution in [0.5, 0.6) is 0 Å². The summed E-state index contributed by atoms with van der Waals surface area (Å²) in [5.41, 5.74) is 6.17. The fourth-order valence-electron chi connectivity index (χ4n) is 1.51. The highest BCUT2D eigenvalue weighted by Crippen LogP contribution is 2.26. The molecule has 0 aliphatic carbocycles. The Morgan fingerprint density at radius 2 is 2.00 bits per heavy atom. The van der Waals surface area contributed by atoms with E-state index in [9.17, 15) is 8.42 Å². The first-order valence-electron chi connectivity index (χ1n) is 5.06. The highest BCUT2D eigenvalue weighted by molar-refractivity contribution is 7.92. The normalized spacial score (nSPS) is 11.5. The molecule has 0 saturated carbocycles. The van der Waals surface area contributed by atoms with Crippen LogP contribution < -0.4 is 10.5 Å². The van der Waals surface area contributed by atoms with Crippen molar-refractivity contribution in [2.75, 3.05) is 10.5 Å². The third-order valence-electron chi connectivity index (χ3n) is 2.35. The Kier molecular flexibility index (Phi) is 3.62. The molecule has 0 aliphatic rings. The molecule has 3 N–H and O–H groups in total. The van der Waals surface area contributed by atoms with Crippen molar-refractivity contribution in [1.29, 1.82) is 0 Å². The van der Waals surface area contributed by atoms with Crippen LogP contribution >= 0.6 is 23.2 Å². The maximum Gasteiger partial charge on any atom is 0.280 e. The van der Waals surface area contributed by atoms with Crippen molar-refractivity contribution in [2.45, 2.75) is 5.03 Å². The van der Waals surface area contributed by atoms with Crippen LogP contribution in [0.3, 0.4) is 0 Å². The summed E-state index contributed by atoms with van der Waals surface area (Å²) in [7, 11) is -2.36. The molecular formula is C10H10Cl2N4O2S. The number of hydrogen-bond donors (Lipinski definition) is 2. The summed E-state index contributed by atoms with van der Waals surface area (Å²) in [5.74, 6) is 0. The van der Waals surface area contributed by atoms with Crippen molar-refractivity contribution in [3.05, 3.63) is 34.4 Å². The van der Waals surface area contributed by atoms with Crippen LogP contribution in [-0.2, 0) is 17.1 Å². The van der Waals surface area contributed by atoms with Gasteiger partial charge < -0.3 is 5.73 Å². The van der Waals surface area contributed by atoms with Gasteiger partial charge in [-0.2, -0.15) is 13.5 Å². The van der Waals surface area contributed by atoms with E-state index < -0.39 is 10.0 Å². The van der Waals surface area contributed by atoms with Crippen LogP contribution in [0.4, 0.5) is 11.4 Å². The Labute approximate surface area is 120 Å². The molecule has 0 radical (unpaired) electrons. The summed E-state index contributed by atoms with van der Waals surface area (Å²) in [6.07, 6.45) is 1.26. The smallest absolute Gasteiger partial charge is 0.280 e. The molecule has 0 amide bonds. The van der Waals surface area contributed by atoms with Gasteiger partial charge in [0.1, 0.15) is 0 Å². The van der Waals surface area contributed by atoms with Gasteiger partial charge in [0.25, 0.3) is 10.0 Å². The molecule has 0 fully saturated rings. The number of hydrogen-bond acceptors (Lipinski definition) is 4. The number of sulfonamides is 1. The first-order valence-corrected chi connectivity index (χ1v) is 7.30. The summed E-state index contributed by atoms with van der Waals surface area (Å²) in [6, 6.07) is 4.42. The van der Waals surface area contributed by atoms with Crippen LogP contribution in [0.25, 0.3) is 0 Å². The zero-order chi connectivity index (χ0) is 14.2. The van der Waals surface area contributed by atoms with Crippen molar-refractivity contribution < 1.29 is 8.42 Å². The molecule has 2 aromatic rings. The first-order chi connectivity index (χ1) is 8.81. The zero-order valence-corrected chi connectivity index (χ0v) is 12.1. The molecule has 0 unspecified atom stereocenters. The van der Waals surface area contributed by atoms with Gasteiger partial charge in [0.15, 0.2) is 5.03 Å². The third kappa shape index (κ3) is 2.78. The summed E-state index contributed by atoms with van der Waals surface area (Å²) >= 11 is 11.6. The topological polar surface area (TPSA) is 90.0 Å². The minimum atomic E-state index is -3.84. The lowest BCUT2D eigenvalue weighted by molar-refractivity contribution is 0.582. The van der Waals surface area contributed by atoms with Crippen LogP contribution in [0, 0.1) is 0 Å². The SMILES string of the molecule is Cn1ncc(Cl)c1S(=O)(=O)Nc1ccc(Cl)c(N)c1. The summed E-state index contributed by atoms with van der Waals surface area (Å²) in [6.45, 7) is 0. The fraction of sp³-hybridized carbons (Fsp3) is 0.100. The monoisotopic (exact) mass is 320 g/mol. The Morgan fingerprint density at radius 1 is 1.32 bits per heavy atom. The Bertz CT molecular complexity index is 708. The van der Waals surface area contributed by atoms with Gasteiger partial charge in [-0.15, -0.1) is 0 Å². The van der Waals surface area contributed by atoms with E-state index >= 15 is 0 Å². The third-order valence-corrected chi connectivity index (χ3v) is 4.58. The maximum atomic E-state index is 12.2. The number of halogens is 2. The predicted molar refractivity (Wildman–Crippen MR) is 74.9 cm³/mol. The molecule has 102 valence electrons. The molecule has 0 bridgehead atoms. The molecule has 0 spiro atoms. The molecule has 6 nitrogen and oxygen atoms in total. The molecular weight excluding hydrogens is 311 g/mol. The number of nitrogens with two attached hydrogens (primary N) is 1. The van der Waals surface area contributed by atoms with Crippen molar-refractivity contribution in [1.82, 2.24) is 9.78 Å². The second-order valence-corrected chi connectivity index (χ2v) is 6.18. The van der Waals surface area contributed by atoms with E-state index in [-0.39, 0.29) is 15.7 Å². The van der Waals surface area contributed by atoms with E-state index in [4.69, 9.17) is 28.9 Å². The van der Waals surface area contributed by atoms with Crippen molar-refractivity contribution in [2.24, 2.45) is 7.05 Å². The number of rotatable bonds is 3. The summed E-state index contributed by atoms with van der Waals surface area (Å²) in [5, 5.41) is 4.04. The van der Waals surface area contributed by atoms with Gasteiger partial charge in [-0.3, -0.25) is 9.40 Å². The predicted octanol–water partition coefficient (Wildman–Crippen LogP) is 2.11. The average molecular weight is 321 g/mol.